The number of epoxide rings is 1. The monoisotopic (exact) mass is 482 g/mol. The molecule has 2 aliphatic rings. The van der Waals surface area contributed by atoms with E-state index in [9.17, 15) is 9.50 Å². The molecular weight excluding hydrogens is 453 g/mol. The van der Waals surface area contributed by atoms with Crippen molar-refractivity contribution < 1.29 is 27.8 Å². The summed E-state index contributed by atoms with van der Waals surface area (Å²) in [4.78, 5) is 0. The molecule has 1 saturated carbocycles. The fraction of sp³-hybridized carbons (Fsp3) is 0.379. The Kier molecular flexibility index (Phi) is 6.85. The zero-order valence-corrected chi connectivity index (χ0v) is 19.6. The van der Waals surface area contributed by atoms with Crippen molar-refractivity contribution in [1.82, 2.24) is 0 Å². The molecule has 35 heavy (non-hydrogen) atoms. The van der Waals surface area contributed by atoms with Crippen LogP contribution in [0, 0.1) is 23.4 Å². The van der Waals surface area contributed by atoms with Gasteiger partial charge in [0.1, 0.15) is 12.7 Å². The minimum atomic E-state index is -0.842. The average molecular weight is 483 g/mol. The smallest absolute Gasteiger partial charge is 0.166 e. The highest BCUT2D eigenvalue weighted by Crippen LogP contribution is 2.40. The number of hydrogen-bond acceptors (Lipinski definition) is 3. The van der Waals surface area contributed by atoms with Crippen LogP contribution in [0.15, 0.2) is 54.6 Å². The highest BCUT2D eigenvalue weighted by Gasteiger charge is 2.28. The molecule has 1 saturated heterocycles. The number of ether oxygens (including phenoxy) is 2. The zero-order valence-electron chi connectivity index (χ0n) is 19.6. The van der Waals surface area contributed by atoms with E-state index in [0.29, 0.717) is 17.7 Å². The van der Waals surface area contributed by atoms with Crippen LogP contribution in [0.3, 0.4) is 0 Å². The summed E-state index contributed by atoms with van der Waals surface area (Å²) in [6, 6.07) is 15.1. The molecule has 1 heterocycles. The van der Waals surface area contributed by atoms with Crippen molar-refractivity contribution >= 4 is 0 Å². The quantitative estimate of drug-likeness (QED) is 0.366. The van der Waals surface area contributed by atoms with Crippen LogP contribution in [0.4, 0.5) is 13.2 Å². The Bertz CT molecular complexity index is 1180. The zero-order chi connectivity index (χ0) is 24.5. The molecule has 3 aromatic carbocycles. The van der Waals surface area contributed by atoms with Gasteiger partial charge in [0.15, 0.2) is 23.2 Å². The van der Waals surface area contributed by atoms with E-state index in [0.717, 1.165) is 36.8 Å². The molecule has 1 aliphatic carbocycles. The largest absolute Gasteiger partial charge is 0.486 e. The van der Waals surface area contributed by atoms with E-state index in [1.807, 2.05) is 0 Å². The van der Waals surface area contributed by atoms with Crippen LogP contribution in [-0.4, -0.2) is 17.8 Å². The maximum atomic E-state index is 15.0. The molecule has 0 bridgehead atoms. The molecule has 1 N–H and O–H groups in total. The summed E-state index contributed by atoms with van der Waals surface area (Å²) in [6.45, 7) is 2.56. The van der Waals surface area contributed by atoms with Gasteiger partial charge in [-0.3, -0.25) is 0 Å². The Morgan fingerprint density at radius 2 is 1.66 bits per heavy atom. The second-order valence-electron chi connectivity index (χ2n) is 9.68. The van der Waals surface area contributed by atoms with Gasteiger partial charge in [0.05, 0.1) is 12.7 Å². The maximum absolute atomic E-state index is 15.0. The molecule has 2 atom stereocenters. The van der Waals surface area contributed by atoms with Crippen LogP contribution < -0.4 is 4.74 Å². The minimum Gasteiger partial charge on any atom is -0.486 e. The molecule has 0 amide bonds. The van der Waals surface area contributed by atoms with Gasteiger partial charge in [-0.25, -0.2) is 13.2 Å². The lowest BCUT2D eigenvalue weighted by molar-refractivity contribution is 0.0964. The molecule has 2 unspecified atom stereocenters. The first-order chi connectivity index (χ1) is 16.9. The van der Waals surface area contributed by atoms with E-state index >= 15 is 8.78 Å². The Hall–Kier alpha value is -2.83. The third-order valence-electron chi connectivity index (χ3n) is 7.33. The summed E-state index contributed by atoms with van der Waals surface area (Å²) >= 11 is 0. The average Bonchev–Trinajstić information content (AvgIpc) is 3.71. The van der Waals surface area contributed by atoms with Gasteiger partial charge in [0.2, 0.25) is 0 Å². The Balaban J connectivity index is 1.24. The Labute approximate surface area is 203 Å². The van der Waals surface area contributed by atoms with Gasteiger partial charge in [-0.15, -0.1) is 0 Å². The predicted molar refractivity (Wildman–Crippen MR) is 128 cm³/mol. The highest BCUT2D eigenvalue weighted by atomic mass is 19.2. The summed E-state index contributed by atoms with van der Waals surface area (Å²) in [7, 11) is 0. The van der Waals surface area contributed by atoms with Gasteiger partial charge in [-0.1, -0.05) is 42.5 Å². The van der Waals surface area contributed by atoms with E-state index in [1.54, 1.807) is 55.5 Å². The van der Waals surface area contributed by atoms with Crippen molar-refractivity contribution in [3.05, 3.63) is 88.7 Å². The lowest BCUT2D eigenvalue weighted by Crippen LogP contribution is -2.23. The number of hydrogen-bond donors (Lipinski definition) is 1. The van der Waals surface area contributed by atoms with Crippen LogP contribution in [0.25, 0.3) is 11.1 Å². The van der Waals surface area contributed by atoms with Crippen LogP contribution in [0.5, 0.6) is 5.75 Å². The number of rotatable bonds is 7. The topological polar surface area (TPSA) is 42.0 Å². The normalized spacial score (nSPS) is 22.6. The van der Waals surface area contributed by atoms with Crippen molar-refractivity contribution in [2.75, 3.05) is 6.61 Å². The molecule has 2 fully saturated rings. The summed E-state index contributed by atoms with van der Waals surface area (Å²) in [5, 5.41) is 9.79. The number of aliphatic hydroxyl groups is 1. The van der Waals surface area contributed by atoms with Crippen molar-refractivity contribution in [3.63, 3.8) is 0 Å². The molecule has 5 rings (SSSR count). The molecule has 6 heteroatoms. The molecule has 0 spiro atoms. The van der Waals surface area contributed by atoms with Crippen molar-refractivity contribution in [2.24, 2.45) is 5.92 Å². The van der Waals surface area contributed by atoms with E-state index in [1.165, 1.54) is 6.07 Å². The summed E-state index contributed by atoms with van der Waals surface area (Å²) in [5.41, 5.74) is 2.78. The van der Waals surface area contributed by atoms with E-state index in [2.05, 4.69) is 0 Å². The first-order valence-corrected chi connectivity index (χ1v) is 12.2. The molecule has 0 aromatic heterocycles. The first kappa shape index (κ1) is 23.9. The number of benzene rings is 3. The molecule has 1 aliphatic heterocycles. The van der Waals surface area contributed by atoms with E-state index in [4.69, 9.17) is 9.47 Å². The van der Waals surface area contributed by atoms with Gasteiger partial charge in [0, 0.05) is 5.56 Å². The summed E-state index contributed by atoms with van der Waals surface area (Å²) in [5.74, 6) is -1.71. The summed E-state index contributed by atoms with van der Waals surface area (Å²) < 4.78 is 55.1. The van der Waals surface area contributed by atoms with Gasteiger partial charge in [-0.2, -0.15) is 0 Å². The number of halogens is 3. The van der Waals surface area contributed by atoms with Gasteiger partial charge in [0.25, 0.3) is 0 Å². The van der Waals surface area contributed by atoms with Gasteiger partial charge >= 0.3 is 0 Å². The molecule has 3 aromatic rings. The lowest BCUT2D eigenvalue weighted by atomic mass is 9.76. The van der Waals surface area contributed by atoms with Crippen LogP contribution in [0.2, 0.25) is 0 Å². The van der Waals surface area contributed by atoms with Crippen molar-refractivity contribution in [2.45, 2.75) is 57.3 Å². The van der Waals surface area contributed by atoms with Gasteiger partial charge < -0.3 is 14.6 Å². The molecule has 0 radical (unpaired) electrons. The number of aliphatic hydroxyl groups excluding tert-OH is 1. The predicted octanol–water partition coefficient (Wildman–Crippen LogP) is 7.08. The molecule has 184 valence electrons. The van der Waals surface area contributed by atoms with Gasteiger partial charge in [-0.05, 0) is 78.8 Å². The SMILES string of the molecule is CC(O)C1CCC(c2ccc(-c3ccc(COc4ccc(C5CO5)cc4F)cc3)c(F)c2F)CC1. The van der Waals surface area contributed by atoms with Crippen molar-refractivity contribution in [1.29, 1.82) is 0 Å². The van der Waals surface area contributed by atoms with Crippen LogP contribution in [0.1, 0.15) is 61.3 Å². The highest BCUT2D eigenvalue weighted by molar-refractivity contribution is 5.65. The Morgan fingerprint density at radius 3 is 2.29 bits per heavy atom. The standard InChI is InChI=1S/C29H29F3O3/c1-17(33)19-6-8-21(9-7-19)24-12-11-23(28(31)29(24)32)20-4-2-18(3-5-20)15-34-26-13-10-22(14-25(26)30)27-16-35-27/h2-5,10-14,17,19,21,27,33H,6-9,15-16H2,1H3. The van der Waals surface area contributed by atoms with E-state index in [-0.39, 0.29) is 42.0 Å². The first-order valence-electron chi connectivity index (χ1n) is 12.2. The second-order valence-corrected chi connectivity index (χ2v) is 9.68. The molecular formula is C29H29F3O3. The second kappa shape index (κ2) is 10.0. The summed E-state index contributed by atoms with van der Waals surface area (Å²) in [6.07, 6.45) is 2.75. The van der Waals surface area contributed by atoms with E-state index < -0.39 is 17.5 Å². The maximum Gasteiger partial charge on any atom is 0.166 e. The minimum absolute atomic E-state index is 0.0181. The van der Waals surface area contributed by atoms with Crippen molar-refractivity contribution in [3.8, 4) is 16.9 Å². The molecule has 3 nitrogen and oxygen atoms in total. The van der Waals surface area contributed by atoms with Crippen LogP contribution >= 0.6 is 0 Å². The lowest BCUT2D eigenvalue weighted by Gasteiger charge is -2.30. The fourth-order valence-corrected chi connectivity index (χ4v) is 5.03. The fourth-order valence-electron chi connectivity index (χ4n) is 5.03. The van der Waals surface area contributed by atoms with Crippen LogP contribution in [-0.2, 0) is 11.3 Å². The Morgan fingerprint density at radius 1 is 0.943 bits per heavy atom. The third-order valence-corrected chi connectivity index (χ3v) is 7.33. The third kappa shape index (κ3) is 5.24.